The van der Waals surface area contributed by atoms with E-state index < -0.39 is 10.4 Å². The molecule has 0 radical (unpaired) electrons. The Morgan fingerprint density at radius 1 is 0.733 bits per heavy atom. The molecule has 0 aliphatic carbocycles. The molecule has 0 aliphatic heterocycles. The van der Waals surface area contributed by atoms with Crippen LogP contribution in [-0.4, -0.2) is 63.6 Å². The number of hydrogen-bond donors (Lipinski definition) is 2. The minimum Gasteiger partial charge on any atom is -1.00 e. The average molecular weight is 385 g/mol. The van der Waals surface area contributed by atoms with Crippen LogP contribution in [0.1, 0.15) is 5.71 Å². The van der Waals surface area contributed by atoms with Crippen LogP contribution in [0.5, 0.6) is 0 Å². The fourth-order valence-corrected chi connectivity index (χ4v) is 0. The maximum Gasteiger partial charge on any atom is 2.00 e. The van der Waals surface area contributed by atoms with Gasteiger partial charge >= 0.3 is 197 Å². The van der Waals surface area contributed by atoms with Gasteiger partial charge < -0.3 is 55.3 Å². The number of hydrogen-bond acceptors (Lipinski definition) is 2. The third-order valence-electron chi connectivity index (χ3n) is 0. The van der Waals surface area contributed by atoms with Gasteiger partial charge in [-0.05, 0) is 0 Å². The smallest absolute Gasteiger partial charge is 1.00 e. The van der Waals surface area contributed by atoms with E-state index in [1.807, 2.05) is 0 Å². The molecule has 4 nitrogen and oxygen atoms in total. The molecule has 72 valence electrons. The zero-order valence-electron chi connectivity index (χ0n) is 13.0. The van der Waals surface area contributed by atoms with Crippen molar-refractivity contribution >= 4 is 56.5 Å². The Balaban J connectivity index is -0.000000000879. The second kappa shape index (κ2) is 49.7. The van der Waals surface area contributed by atoms with Gasteiger partial charge in [0.05, 0.1) is 0 Å². The number of halogens is 4. The maximum absolute atomic E-state index is 8.74. The Kier molecular flexibility index (Phi) is 265. The zero-order chi connectivity index (χ0) is 4.50. The van der Waals surface area contributed by atoms with Crippen LogP contribution in [0.25, 0.3) is 0 Å². The number of rotatable bonds is 0. The molecule has 0 saturated heterocycles. The summed E-state index contributed by atoms with van der Waals surface area (Å²) in [6.07, 6.45) is 0. The summed E-state index contributed by atoms with van der Waals surface area (Å²) in [6, 6.07) is 0. The van der Waals surface area contributed by atoms with E-state index in [1.165, 1.54) is 0 Å². The first kappa shape index (κ1) is 80.1. The van der Waals surface area contributed by atoms with Gasteiger partial charge in [-0.1, -0.05) is 0 Å². The van der Waals surface area contributed by atoms with E-state index in [-0.39, 0.29) is 242 Å². The van der Waals surface area contributed by atoms with Gasteiger partial charge in [0.25, 0.3) is 0 Å². The molecule has 0 fully saturated rings. The second-order valence-corrected chi connectivity index (χ2v) is 1.34. The first-order valence-corrected chi connectivity index (χ1v) is 2.10. The Bertz CT molecular complexity index is 134. The van der Waals surface area contributed by atoms with Gasteiger partial charge in [0.1, 0.15) is 0 Å². The fourth-order valence-electron chi connectivity index (χ4n) is 0. The van der Waals surface area contributed by atoms with Crippen molar-refractivity contribution in [2.24, 2.45) is 0 Å². The van der Waals surface area contributed by atoms with E-state index in [0.29, 0.717) is 0 Å². The molecular weight excluding hydrogens is 379 g/mol. The summed E-state index contributed by atoms with van der Waals surface area (Å²) < 4.78 is 31.6. The van der Waals surface area contributed by atoms with Crippen LogP contribution in [0.2, 0.25) is 0 Å². The molecule has 0 atom stereocenters. The van der Waals surface area contributed by atoms with E-state index >= 15 is 0 Å². The molecular formula is H6Cl4K2Li2Mg2O4S. The van der Waals surface area contributed by atoms with Crippen molar-refractivity contribution < 1.29 is 213 Å². The van der Waals surface area contributed by atoms with Crippen LogP contribution in [0, 0.1) is 0 Å². The van der Waals surface area contributed by atoms with Crippen LogP contribution in [-0.2, 0) is 10.4 Å². The van der Waals surface area contributed by atoms with Crippen molar-refractivity contribution in [3.05, 3.63) is 0 Å². The summed E-state index contributed by atoms with van der Waals surface area (Å²) in [6.45, 7) is 0. The molecule has 0 spiro atoms. The third-order valence-corrected chi connectivity index (χ3v) is 0. The van der Waals surface area contributed by atoms with Crippen LogP contribution in [0.3, 0.4) is 0 Å². The Morgan fingerprint density at radius 3 is 0.733 bits per heavy atom. The molecule has 0 heterocycles. The molecule has 0 unspecified atom stereocenters. The Morgan fingerprint density at radius 2 is 0.733 bits per heavy atom. The van der Waals surface area contributed by atoms with E-state index in [9.17, 15) is 0 Å². The van der Waals surface area contributed by atoms with Gasteiger partial charge in [-0.2, -0.15) is 8.42 Å². The summed E-state index contributed by atoms with van der Waals surface area (Å²) in [4.78, 5) is 0. The van der Waals surface area contributed by atoms with E-state index in [2.05, 4.69) is 0 Å². The van der Waals surface area contributed by atoms with Gasteiger partial charge in [0.15, 0.2) is 0 Å². The largest absolute Gasteiger partial charge is 2.00 e. The van der Waals surface area contributed by atoms with Crippen LogP contribution < -0.4 is 190 Å². The summed E-state index contributed by atoms with van der Waals surface area (Å²) in [5.74, 6) is 0. The van der Waals surface area contributed by atoms with Crippen LogP contribution >= 0.6 is 0 Å². The first-order chi connectivity index (χ1) is 2.00. The average Bonchev–Trinajstić information content (AvgIpc) is 0.722. The summed E-state index contributed by atoms with van der Waals surface area (Å²) >= 11 is 0. The molecule has 15 heteroatoms. The van der Waals surface area contributed by atoms with Gasteiger partial charge in [-0.25, -0.2) is 0 Å². The van der Waals surface area contributed by atoms with Crippen molar-refractivity contribution in [1.82, 2.24) is 0 Å². The van der Waals surface area contributed by atoms with E-state index in [1.54, 1.807) is 0 Å². The third kappa shape index (κ3) is 154. The molecule has 0 aromatic rings. The predicted octanol–water partition coefficient (Wildman–Crippen LogP) is -24.9. The molecule has 0 aliphatic rings. The van der Waals surface area contributed by atoms with Gasteiger partial charge in [-0.3, -0.25) is 9.11 Å². The van der Waals surface area contributed by atoms with Crippen molar-refractivity contribution in [2.45, 2.75) is 0 Å². The first-order valence-electron chi connectivity index (χ1n) is 0.698. The van der Waals surface area contributed by atoms with Crippen LogP contribution in [0.4, 0.5) is 0 Å². The molecule has 0 aromatic heterocycles. The van der Waals surface area contributed by atoms with E-state index in [4.69, 9.17) is 17.5 Å². The van der Waals surface area contributed by atoms with E-state index in [0.717, 1.165) is 0 Å². The standard InChI is InChI=1S/4ClH.2K.2Li.2Mg.H2O4S.4H/c;;;;;;;;;;1-5(2,3)4;;;;/h4*1H;;;;;;;(H2,1,2,3,4);;;;/q;;;;4*+1;2*+2;;4*-1/p-4. The minimum absolute atomic E-state index is 0. The Hall–Kier alpha value is 7.03. The molecule has 0 rings (SSSR count). The SMILES string of the molecule is O=S(=O)(O)O.[Cl-].[Cl-].[Cl-].[Cl-].[H-].[H-].[H-].[H-].[K+].[K+].[Li+].[Li+].[Mg+2].[Mg+2]. The quantitative estimate of drug-likeness (QED) is 0.321. The molecule has 0 amide bonds. The summed E-state index contributed by atoms with van der Waals surface area (Å²) in [5.41, 5.74) is 0. The molecule has 0 saturated carbocycles. The molecule has 0 aromatic carbocycles. The fraction of sp³-hybridized carbons (Fsp3) is 0. The summed E-state index contributed by atoms with van der Waals surface area (Å²) in [7, 11) is -4.67. The van der Waals surface area contributed by atoms with Crippen molar-refractivity contribution in [2.75, 3.05) is 0 Å². The van der Waals surface area contributed by atoms with Crippen molar-refractivity contribution in [3.63, 3.8) is 0 Å². The zero-order valence-corrected chi connectivity index (χ0v) is 22.0. The minimum atomic E-state index is -4.67. The monoisotopic (exact) mass is 382 g/mol. The Labute approximate surface area is 263 Å². The molecule has 0 bridgehead atoms. The topological polar surface area (TPSA) is 74.6 Å². The van der Waals surface area contributed by atoms with Crippen molar-refractivity contribution in [3.8, 4) is 0 Å². The van der Waals surface area contributed by atoms with Gasteiger partial charge in [-0.15, -0.1) is 0 Å². The van der Waals surface area contributed by atoms with Gasteiger partial charge in [0, 0.05) is 0 Å². The normalized spacial score (nSPS) is 3.87. The van der Waals surface area contributed by atoms with Crippen LogP contribution in [0.15, 0.2) is 0 Å². The summed E-state index contributed by atoms with van der Waals surface area (Å²) in [5, 5.41) is 0. The molecule has 15 heavy (non-hydrogen) atoms. The van der Waals surface area contributed by atoms with Gasteiger partial charge in [0.2, 0.25) is 0 Å². The maximum atomic E-state index is 8.74. The second-order valence-electron chi connectivity index (χ2n) is 0.448. The molecule has 2 N–H and O–H groups in total. The van der Waals surface area contributed by atoms with Crippen molar-refractivity contribution in [1.29, 1.82) is 0 Å². The predicted molar refractivity (Wildman–Crippen MR) is 30.1 cm³/mol.